The number of dihydropyridines is 1. The largest absolute Gasteiger partial charge is 0.468 e. The van der Waals surface area contributed by atoms with E-state index in [4.69, 9.17) is 4.42 Å². The average Bonchev–Trinajstić information content (AvgIpc) is 3.09. The first-order chi connectivity index (χ1) is 11.6. The molecule has 0 spiro atoms. The van der Waals surface area contributed by atoms with E-state index in [1.807, 2.05) is 18.2 Å². The fourth-order valence-corrected chi connectivity index (χ4v) is 3.04. The molecule has 2 aromatic rings. The van der Waals surface area contributed by atoms with Crippen LogP contribution in [0, 0.1) is 11.3 Å². The Morgan fingerprint density at radius 3 is 2.67 bits per heavy atom. The Balaban J connectivity index is 2.02. The van der Waals surface area contributed by atoms with Crippen LogP contribution in [0.1, 0.15) is 18.6 Å². The van der Waals surface area contributed by atoms with Crippen LogP contribution < -0.4 is 10.6 Å². The maximum absolute atomic E-state index is 12.8. The maximum atomic E-state index is 12.8. The highest BCUT2D eigenvalue weighted by molar-refractivity contribution is 7.84. The molecule has 0 saturated carbocycles. The fraction of sp³-hybridized carbons (Fsp3) is 0.111. The number of para-hydroxylation sites is 1. The molecule has 0 fully saturated rings. The Morgan fingerprint density at radius 1 is 1.29 bits per heavy atom. The van der Waals surface area contributed by atoms with Crippen LogP contribution in [0.4, 0.5) is 5.69 Å². The summed E-state index contributed by atoms with van der Waals surface area (Å²) in [5, 5.41) is 15.8. The highest BCUT2D eigenvalue weighted by atomic mass is 32.1. The van der Waals surface area contributed by atoms with Crippen molar-refractivity contribution in [3.05, 3.63) is 76.4 Å². The second kappa shape index (κ2) is 6.69. The van der Waals surface area contributed by atoms with E-state index < -0.39 is 5.92 Å². The Morgan fingerprint density at radius 2 is 2.04 bits per heavy atom. The molecule has 120 valence electrons. The lowest BCUT2D eigenvalue weighted by Crippen LogP contribution is -2.30. The number of carbonyl (C=O) groups excluding carboxylic acids is 1. The number of amides is 1. The molecule has 0 aliphatic carbocycles. The molecule has 1 amide bonds. The zero-order chi connectivity index (χ0) is 17.1. The van der Waals surface area contributed by atoms with Crippen molar-refractivity contribution in [1.29, 1.82) is 5.26 Å². The molecule has 1 aromatic heterocycles. The number of nitrogens with zero attached hydrogens (tertiary/aromatic N) is 1. The third kappa shape index (κ3) is 2.94. The third-order valence-corrected chi connectivity index (χ3v) is 4.12. The normalized spacial score (nSPS) is 17.3. The molecule has 0 saturated heterocycles. The quantitative estimate of drug-likeness (QED) is 0.749. The molecule has 1 atom stereocenters. The highest BCUT2D eigenvalue weighted by Gasteiger charge is 2.35. The molecule has 1 unspecified atom stereocenters. The van der Waals surface area contributed by atoms with E-state index in [1.165, 1.54) is 6.26 Å². The summed E-state index contributed by atoms with van der Waals surface area (Å²) in [5.74, 6) is -0.360. The Kier molecular flexibility index (Phi) is 4.45. The lowest BCUT2D eigenvalue weighted by atomic mass is 9.85. The maximum Gasteiger partial charge on any atom is 0.254 e. The van der Waals surface area contributed by atoms with E-state index in [2.05, 4.69) is 29.3 Å². The van der Waals surface area contributed by atoms with Gasteiger partial charge in [-0.2, -0.15) is 5.26 Å². The molecule has 5 nitrogen and oxygen atoms in total. The number of furan rings is 1. The van der Waals surface area contributed by atoms with Crippen LogP contribution in [0.15, 0.2) is 75.0 Å². The molecule has 6 heteroatoms. The predicted octanol–water partition coefficient (Wildman–Crippen LogP) is 3.54. The van der Waals surface area contributed by atoms with Gasteiger partial charge < -0.3 is 15.1 Å². The molecule has 3 rings (SSSR count). The van der Waals surface area contributed by atoms with Gasteiger partial charge in [0.1, 0.15) is 5.76 Å². The summed E-state index contributed by atoms with van der Waals surface area (Å²) in [6.45, 7) is 1.78. The first-order valence-electron chi connectivity index (χ1n) is 7.32. The molecule has 1 aromatic carbocycles. The van der Waals surface area contributed by atoms with Gasteiger partial charge in [-0.1, -0.05) is 18.2 Å². The number of allylic oxidation sites excluding steroid dienone is 2. The Bertz CT molecular complexity index is 861. The summed E-state index contributed by atoms with van der Waals surface area (Å²) in [5.41, 5.74) is 2.09. The van der Waals surface area contributed by atoms with E-state index in [9.17, 15) is 10.1 Å². The molecular formula is C18H15N3O2S. The van der Waals surface area contributed by atoms with Crippen molar-refractivity contribution >= 4 is 24.2 Å². The van der Waals surface area contributed by atoms with Gasteiger partial charge in [0.05, 0.1) is 34.4 Å². The van der Waals surface area contributed by atoms with Crippen LogP contribution in [0.25, 0.3) is 0 Å². The van der Waals surface area contributed by atoms with Crippen LogP contribution in [-0.4, -0.2) is 5.91 Å². The van der Waals surface area contributed by atoms with Crippen molar-refractivity contribution in [3.63, 3.8) is 0 Å². The number of hydrogen-bond donors (Lipinski definition) is 3. The van der Waals surface area contributed by atoms with Crippen molar-refractivity contribution in [2.24, 2.45) is 0 Å². The average molecular weight is 337 g/mol. The van der Waals surface area contributed by atoms with Crippen molar-refractivity contribution < 1.29 is 9.21 Å². The zero-order valence-electron chi connectivity index (χ0n) is 12.9. The lowest BCUT2D eigenvalue weighted by Gasteiger charge is -2.26. The number of rotatable bonds is 3. The van der Waals surface area contributed by atoms with Crippen LogP contribution in [0.5, 0.6) is 0 Å². The minimum Gasteiger partial charge on any atom is -0.468 e. The standard InChI is InChI=1S/C18H15N3O2S/c1-11-15(17(22)21-12-6-3-2-4-7-12)16(14-8-5-9-23-14)13(10-19)18(24)20-11/h2-9,16,20,24H,1H3,(H,21,22). The monoisotopic (exact) mass is 337 g/mol. The number of anilines is 1. The number of carbonyl (C=O) groups is 1. The van der Waals surface area contributed by atoms with Gasteiger partial charge in [-0.25, -0.2) is 0 Å². The predicted molar refractivity (Wildman–Crippen MR) is 94.0 cm³/mol. The molecule has 1 aliphatic heterocycles. The number of nitriles is 1. The van der Waals surface area contributed by atoms with Crippen LogP contribution in [0.2, 0.25) is 0 Å². The van der Waals surface area contributed by atoms with Gasteiger partial charge in [0.25, 0.3) is 5.91 Å². The summed E-state index contributed by atoms with van der Waals surface area (Å²) >= 11 is 4.33. The minimum atomic E-state index is -0.595. The van der Waals surface area contributed by atoms with Gasteiger partial charge in [0, 0.05) is 11.4 Å². The smallest absolute Gasteiger partial charge is 0.254 e. The van der Waals surface area contributed by atoms with Crippen LogP contribution in [0.3, 0.4) is 0 Å². The van der Waals surface area contributed by atoms with Gasteiger partial charge in [0.15, 0.2) is 0 Å². The Labute approximate surface area is 145 Å². The number of benzene rings is 1. The van der Waals surface area contributed by atoms with E-state index in [1.54, 1.807) is 31.2 Å². The van der Waals surface area contributed by atoms with E-state index in [0.29, 0.717) is 33.3 Å². The molecule has 24 heavy (non-hydrogen) atoms. The molecule has 2 heterocycles. The third-order valence-electron chi connectivity index (χ3n) is 3.77. The van der Waals surface area contributed by atoms with Crippen molar-refractivity contribution in [3.8, 4) is 6.07 Å². The zero-order valence-corrected chi connectivity index (χ0v) is 13.8. The van der Waals surface area contributed by atoms with Gasteiger partial charge in [-0.3, -0.25) is 4.79 Å². The second-order valence-corrected chi connectivity index (χ2v) is 5.75. The molecule has 1 aliphatic rings. The van der Waals surface area contributed by atoms with E-state index in [-0.39, 0.29) is 5.91 Å². The summed E-state index contributed by atoms with van der Waals surface area (Å²) in [7, 11) is 0. The summed E-state index contributed by atoms with van der Waals surface area (Å²) in [6, 6.07) is 14.8. The van der Waals surface area contributed by atoms with E-state index in [0.717, 1.165) is 0 Å². The van der Waals surface area contributed by atoms with Crippen LogP contribution >= 0.6 is 12.6 Å². The SMILES string of the molecule is CC1=C(C(=O)Nc2ccccc2)C(c2ccco2)C(C#N)=C(S)N1. The van der Waals surface area contributed by atoms with E-state index >= 15 is 0 Å². The minimum absolute atomic E-state index is 0.291. The van der Waals surface area contributed by atoms with Gasteiger partial charge >= 0.3 is 0 Å². The van der Waals surface area contributed by atoms with Gasteiger partial charge in [0.2, 0.25) is 0 Å². The number of hydrogen-bond acceptors (Lipinski definition) is 5. The topological polar surface area (TPSA) is 78.1 Å². The number of nitrogens with one attached hydrogen (secondary N) is 2. The summed E-state index contributed by atoms with van der Waals surface area (Å²) in [4.78, 5) is 12.8. The van der Waals surface area contributed by atoms with Crippen molar-refractivity contribution in [1.82, 2.24) is 5.32 Å². The van der Waals surface area contributed by atoms with Gasteiger partial charge in [-0.15, -0.1) is 12.6 Å². The van der Waals surface area contributed by atoms with Crippen molar-refractivity contribution in [2.45, 2.75) is 12.8 Å². The second-order valence-electron chi connectivity index (χ2n) is 5.31. The lowest BCUT2D eigenvalue weighted by molar-refractivity contribution is -0.113. The molecule has 0 bridgehead atoms. The van der Waals surface area contributed by atoms with Crippen LogP contribution in [-0.2, 0) is 4.79 Å². The van der Waals surface area contributed by atoms with Crippen molar-refractivity contribution in [2.75, 3.05) is 5.32 Å². The summed E-state index contributed by atoms with van der Waals surface area (Å²) in [6.07, 6.45) is 1.52. The fourth-order valence-electron chi connectivity index (χ4n) is 2.69. The highest BCUT2D eigenvalue weighted by Crippen LogP contribution is 2.39. The number of thiol groups is 1. The molecular weight excluding hydrogens is 322 g/mol. The van der Waals surface area contributed by atoms with Gasteiger partial charge in [-0.05, 0) is 31.2 Å². The molecule has 2 N–H and O–H groups in total. The first kappa shape index (κ1) is 16.0. The molecule has 0 radical (unpaired) electrons. The Hall–Kier alpha value is -2.91. The first-order valence-corrected chi connectivity index (χ1v) is 7.77. The summed E-state index contributed by atoms with van der Waals surface area (Å²) < 4.78 is 5.47.